The first-order chi connectivity index (χ1) is 12.7. The smallest absolute Gasteiger partial charge is 0.276 e. The van der Waals surface area contributed by atoms with E-state index in [9.17, 15) is 9.18 Å². The molecular formula is C18H12FN5OS. The van der Waals surface area contributed by atoms with Crippen LogP contribution in [0.15, 0.2) is 66.7 Å². The molecule has 0 saturated heterocycles. The number of pyridine rings is 1. The van der Waals surface area contributed by atoms with Gasteiger partial charge in [-0.25, -0.2) is 14.4 Å². The first-order valence-corrected chi connectivity index (χ1v) is 8.54. The fourth-order valence-electron chi connectivity index (χ4n) is 2.41. The number of carbonyl (C=O) groups is 1. The zero-order chi connectivity index (χ0) is 17.9. The van der Waals surface area contributed by atoms with Crippen LogP contribution in [0.3, 0.4) is 0 Å². The third kappa shape index (κ3) is 3.22. The lowest BCUT2D eigenvalue weighted by Crippen LogP contribution is -2.16. The second-order valence-electron chi connectivity index (χ2n) is 5.36. The molecule has 0 unspecified atom stereocenters. The molecule has 4 aromatic rings. The van der Waals surface area contributed by atoms with E-state index >= 15 is 0 Å². The SMILES string of the molecule is O=C(Nc1nc(-c2cccnc2)cs1)c1cncn1-c1ccc(F)cc1. The fourth-order valence-corrected chi connectivity index (χ4v) is 3.12. The van der Waals surface area contributed by atoms with Gasteiger partial charge in [-0.1, -0.05) is 0 Å². The monoisotopic (exact) mass is 365 g/mol. The third-order valence-corrected chi connectivity index (χ3v) is 4.42. The molecule has 6 nitrogen and oxygen atoms in total. The second-order valence-corrected chi connectivity index (χ2v) is 6.22. The number of amides is 1. The molecule has 8 heteroatoms. The lowest BCUT2D eigenvalue weighted by atomic mass is 10.2. The van der Waals surface area contributed by atoms with Gasteiger partial charge in [0.2, 0.25) is 0 Å². The Labute approximate surface area is 152 Å². The van der Waals surface area contributed by atoms with Crippen molar-refractivity contribution in [2.45, 2.75) is 0 Å². The van der Waals surface area contributed by atoms with E-state index in [0.717, 1.165) is 11.3 Å². The molecule has 1 amide bonds. The van der Waals surface area contributed by atoms with Crippen molar-refractivity contribution in [3.63, 3.8) is 0 Å². The number of benzene rings is 1. The van der Waals surface area contributed by atoms with Gasteiger partial charge < -0.3 is 0 Å². The number of carbonyl (C=O) groups excluding carboxylic acids is 1. The Kier molecular flexibility index (Phi) is 4.24. The highest BCUT2D eigenvalue weighted by molar-refractivity contribution is 7.14. The number of hydrogen-bond donors (Lipinski definition) is 1. The molecule has 3 heterocycles. The molecule has 0 radical (unpaired) electrons. The van der Waals surface area contributed by atoms with Gasteiger partial charge in [-0.15, -0.1) is 11.3 Å². The van der Waals surface area contributed by atoms with Gasteiger partial charge in [0.25, 0.3) is 5.91 Å². The van der Waals surface area contributed by atoms with Gasteiger partial charge in [0.1, 0.15) is 11.5 Å². The Bertz CT molecular complexity index is 1040. The van der Waals surface area contributed by atoms with Crippen LogP contribution in [0.2, 0.25) is 0 Å². The molecule has 3 aromatic heterocycles. The molecule has 128 valence electrons. The Hall–Kier alpha value is -3.39. The maximum absolute atomic E-state index is 13.1. The van der Waals surface area contributed by atoms with Crippen LogP contribution in [0.4, 0.5) is 9.52 Å². The molecule has 0 bridgehead atoms. The van der Waals surface area contributed by atoms with Gasteiger partial charge in [0.15, 0.2) is 5.13 Å². The summed E-state index contributed by atoms with van der Waals surface area (Å²) in [7, 11) is 0. The third-order valence-electron chi connectivity index (χ3n) is 3.66. The van der Waals surface area contributed by atoms with E-state index in [1.807, 2.05) is 17.5 Å². The van der Waals surface area contributed by atoms with Gasteiger partial charge in [-0.2, -0.15) is 0 Å². The fraction of sp³-hybridized carbons (Fsp3) is 0. The molecule has 0 fully saturated rings. The molecule has 0 aliphatic heterocycles. The predicted molar refractivity (Wildman–Crippen MR) is 96.8 cm³/mol. The Morgan fingerprint density at radius 2 is 1.96 bits per heavy atom. The largest absolute Gasteiger partial charge is 0.296 e. The van der Waals surface area contributed by atoms with Crippen LogP contribution >= 0.6 is 11.3 Å². The van der Waals surface area contributed by atoms with E-state index in [1.165, 1.54) is 36.0 Å². The van der Waals surface area contributed by atoms with Crippen LogP contribution in [0.25, 0.3) is 16.9 Å². The van der Waals surface area contributed by atoms with Crippen molar-refractivity contribution in [3.8, 4) is 16.9 Å². The average Bonchev–Trinajstić information content (AvgIpc) is 3.33. The van der Waals surface area contributed by atoms with Gasteiger partial charge in [0, 0.05) is 29.0 Å². The van der Waals surface area contributed by atoms with Crippen molar-refractivity contribution < 1.29 is 9.18 Å². The topological polar surface area (TPSA) is 72.7 Å². The Morgan fingerprint density at radius 3 is 2.73 bits per heavy atom. The zero-order valence-electron chi connectivity index (χ0n) is 13.3. The minimum absolute atomic E-state index is 0.328. The number of nitrogens with one attached hydrogen (secondary N) is 1. The summed E-state index contributed by atoms with van der Waals surface area (Å²) in [5.74, 6) is -0.690. The molecular weight excluding hydrogens is 353 g/mol. The summed E-state index contributed by atoms with van der Waals surface area (Å²) in [6, 6.07) is 9.55. The van der Waals surface area contributed by atoms with E-state index in [4.69, 9.17) is 0 Å². The van der Waals surface area contributed by atoms with Crippen LogP contribution in [0.5, 0.6) is 0 Å². The van der Waals surface area contributed by atoms with Gasteiger partial charge in [0.05, 0.1) is 18.2 Å². The van der Waals surface area contributed by atoms with Crippen molar-refractivity contribution in [2.75, 3.05) is 5.32 Å². The van der Waals surface area contributed by atoms with E-state index in [2.05, 4.69) is 20.3 Å². The van der Waals surface area contributed by atoms with E-state index in [-0.39, 0.29) is 11.7 Å². The molecule has 1 N–H and O–H groups in total. The van der Waals surface area contributed by atoms with Crippen LogP contribution in [0.1, 0.15) is 10.5 Å². The first kappa shape index (κ1) is 16.1. The van der Waals surface area contributed by atoms with Gasteiger partial charge >= 0.3 is 0 Å². The summed E-state index contributed by atoms with van der Waals surface area (Å²) in [4.78, 5) is 25.1. The second kappa shape index (κ2) is 6.85. The van der Waals surface area contributed by atoms with Crippen molar-refractivity contribution >= 4 is 22.4 Å². The van der Waals surface area contributed by atoms with Crippen molar-refractivity contribution in [2.24, 2.45) is 0 Å². The number of anilines is 1. The summed E-state index contributed by atoms with van der Waals surface area (Å²) in [6.45, 7) is 0. The molecule has 4 rings (SSSR count). The van der Waals surface area contributed by atoms with E-state index < -0.39 is 0 Å². The number of aromatic nitrogens is 4. The number of rotatable bonds is 4. The first-order valence-electron chi connectivity index (χ1n) is 7.66. The molecule has 0 aliphatic rings. The lowest BCUT2D eigenvalue weighted by Gasteiger charge is -2.07. The van der Waals surface area contributed by atoms with Crippen molar-refractivity contribution in [1.29, 1.82) is 0 Å². The normalized spacial score (nSPS) is 10.7. The lowest BCUT2D eigenvalue weighted by molar-refractivity contribution is 0.102. The van der Waals surface area contributed by atoms with Crippen LogP contribution in [0, 0.1) is 5.82 Å². The molecule has 0 spiro atoms. The summed E-state index contributed by atoms with van der Waals surface area (Å²) in [6.07, 6.45) is 6.36. The summed E-state index contributed by atoms with van der Waals surface area (Å²) >= 11 is 1.32. The number of imidazole rings is 1. The highest BCUT2D eigenvalue weighted by Crippen LogP contribution is 2.24. The molecule has 0 aliphatic carbocycles. The standard InChI is InChI=1S/C18H12FN5OS/c19-13-3-5-14(6-4-13)24-11-21-9-16(24)17(25)23-18-22-15(10-26-18)12-2-1-7-20-8-12/h1-11H,(H,22,23,25). The van der Waals surface area contributed by atoms with Crippen LogP contribution in [-0.4, -0.2) is 25.4 Å². The van der Waals surface area contributed by atoms with Gasteiger partial charge in [-0.05, 0) is 36.4 Å². The minimum atomic E-state index is -0.348. The quantitative estimate of drug-likeness (QED) is 0.597. The maximum Gasteiger partial charge on any atom is 0.276 e. The Balaban J connectivity index is 1.56. The number of hydrogen-bond acceptors (Lipinski definition) is 5. The summed E-state index contributed by atoms with van der Waals surface area (Å²) in [5, 5.41) is 5.09. The van der Waals surface area contributed by atoms with Crippen LogP contribution in [-0.2, 0) is 0 Å². The maximum atomic E-state index is 13.1. The van der Waals surface area contributed by atoms with Crippen molar-refractivity contribution in [3.05, 3.63) is 78.2 Å². The van der Waals surface area contributed by atoms with Crippen molar-refractivity contribution in [1.82, 2.24) is 19.5 Å². The Morgan fingerprint density at radius 1 is 1.12 bits per heavy atom. The van der Waals surface area contributed by atoms with Gasteiger partial charge in [-0.3, -0.25) is 19.7 Å². The highest BCUT2D eigenvalue weighted by atomic mass is 32.1. The predicted octanol–water partition coefficient (Wildman–Crippen LogP) is 3.78. The van der Waals surface area contributed by atoms with E-state index in [0.29, 0.717) is 16.5 Å². The number of halogens is 1. The number of nitrogens with zero attached hydrogens (tertiary/aromatic N) is 4. The highest BCUT2D eigenvalue weighted by Gasteiger charge is 2.15. The molecule has 0 atom stereocenters. The van der Waals surface area contributed by atoms with Crippen LogP contribution < -0.4 is 5.32 Å². The zero-order valence-corrected chi connectivity index (χ0v) is 14.2. The number of thiazole rings is 1. The van der Waals surface area contributed by atoms with E-state index in [1.54, 1.807) is 29.1 Å². The summed E-state index contributed by atoms with van der Waals surface area (Å²) in [5.41, 5.74) is 2.59. The summed E-state index contributed by atoms with van der Waals surface area (Å²) < 4.78 is 14.7. The molecule has 26 heavy (non-hydrogen) atoms. The molecule has 1 aromatic carbocycles. The average molecular weight is 365 g/mol. The molecule has 0 saturated carbocycles. The minimum Gasteiger partial charge on any atom is -0.296 e.